The summed E-state index contributed by atoms with van der Waals surface area (Å²) in [5, 5.41) is 20.2. The van der Waals surface area contributed by atoms with Crippen LogP contribution in [0.25, 0.3) is 0 Å². The van der Waals surface area contributed by atoms with Crippen molar-refractivity contribution < 1.29 is 5.11 Å². The maximum atomic E-state index is 10.1. The third-order valence-electron chi connectivity index (χ3n) is 2.18. The number of hydrogen-bond donors (Lipinski definition) is 1. The van der Waals surface area contributed by atoms with Crippen LogP contribution in [-0.2, 0) is 6.54 Å². The third kappa shape index (κ3) is 2.09. The number of aliphatic hydroxyl groups excluding tert-OH is 1. The fourth-order valence-electron chi connectivity index (χ4n) is 1.46. The smallest absolute Gasteiger partial charge is 0.142 e. The van der Waals surface area contributed by atoms with Crippen LogP contribution in [0, 0.1) is 0 Å². The van der Waals surface area contributed by atoms with Crippen molar-refractivity contribution in [3.63, 3.8) is 0 Å². The predicted octanol–water partition coefficient (Wildman–Crippen LogP) is 1.88. The van der Waals surface area contributed by atoms with Gasteiger partial charge in [0.2, 0.25) is 0 Å². The second-order valence-corrected chi connectivity index (χ2v) is 4.35. The van der Waals surface area contributed by atoms with E-state index in [1.807, 2.05) is 6.92 Å². The molecule has 0 aliphatic carbocycles. The molecule has 0 amide bonds. The molecule has 7 heteroatoms. The van der Waals surface area contributed by atoms with Gasteiger partial charge in [0.25, 0.3) is 0 Å². The minimum absolute atomic E-state index is 0.453. The summed E-state index contributed by atoms with van der Waals surface area (Å²) < 4.78 is 5.42. The predicted molar refractivity (Wildman–Crippen MR) is 61.5 cm³/mol. The van der Waals surface area contributed by atoms with Crippen molar-refractivity contribution in [3.05, 3.63) is 28.0 Å². The van der Waals surface area contributed by atoms with E-state index >= 15 is 0 Å². The van der Waals surface area contributed by atoms with E-state index in [2.05, 4.69) is 14.7 Å². The van der Waals surface area contributed by atoms with Crippen LogP contribution in [0.3, 0.4) is 0 Å². The molecule has 1 N–H and O–H groups in total. The molecule has 0 aliphatic rings. The van der Waals surface area contributed by atoms with E-state index in [1.165, 1.54) is 17.7 Å². The molecule has 0 saturated heterocycles. The molecule has 0 aliphatic heterocycles. The quantitative estimate of drug-likeness (QED) is 0.910. The molecule has 0 bridgehead atoms. The summed E-state index contributed by atoms with van der Waals surface area (Å²) in [6, 6.07) is 0. The molecule has 0 fully saturated rings. The van der Waals surface area contributed by atoms with Crippen molar-refractivity contribution in [2.45, 2.75) is 26.0 Å². The van der Waals surface area contributed by atoms with Crippen LogP contribution < -0.4 is 0 Å². The van der Waals surface area contributed by atoms with Gasteiger partial charge >= 0.3 is 0 Å². The van der Waals surface area contributed by atoms with E-state index in [0.717, 1.165) is 13.0 Å². The Hall–Kier alpha value is -0.980. The first kappa shape index (κ1) is 11.5. The summed E-state index contributed by atoms with van der Waals surface area (Å²) in [6.45, 7) is 2.76. The molecule has 16 heavy (non-hydrogen) atoms. The highest BCUT2D eigenvalue weighted by Gasteiger charge is 2.21. The van der Waals surface area contributed by atoms with Crippen LogP contribution >= 0.6 is 23.1 Å². The van der Waals surface area contributed by atoms with Crippen LogP contribution in [0.2, 0.25) is 5.02 Å². The number of aromatic nitrogens is 4. The molecule has 1 atom stereocenters. The standard InChI is InChI=1S/C9H11ClN4OS/c1-2-3-14-8(6(10)4-11-14)9(15)7-5-16-13-12-7/h4-5,9,15H,2-3H2,1H3. The summed E-state index contributed by atoms with van der Waals surface area (Å²) in [5.74, 6) is 0. The highest BCUT2D eigenvalue weighted by molar-refractivity contribution is 7.03. The highest BCUT2D eigenvalue weighted by atomic mass is 35.5. The molecule has 0 spiro atoms. The lowest BCUT2D eigenvalue weighted by Gasteiger charge is -2.11. The molecular formula is C9H11ClN4OS. The van der Waals surface area contributed by atoms with Gasteiger partial charge in [-0.15, -0.1) is 5.10 Å². The maximum absolute atomic E-state index is 10.1. The number of hydrogen-bond acceptors (Lipinski definition) is 5. The van der Waals surface area contributed by atoms with Crippen molar-refractivity contribution in [1.29, 1.82) is 0 Å². The topological polar surface area (TPSA) is 63.8 Å². The van der Waals surface area contributed by atoms with Gasteiger partial charge in [0, 0.05) is 11.9 Å². The summed E-state index contributed by atoms with van der Waals surface area (Å²) >= 11 is 7.20. The van der Waals surface area contributed by atoms with Gasteiger partial charge in [0.1, 0.15) is 11.8 Å². The van der Waals surface area contributed by atoms with E-state index in [0.29, 0.717) is 16.4 Å². The highest BCUT2D eigenvalue weighted by Crippen LogP contribution is 2.27. The van der Waals surface area contributed by atoms with Crippen LogP contribution in [0.1, 0.15) is 30.8 Å². The van der Waals surface area contributed by atoms with Crippen molar-refractivity contribution in [1.82, 2.24) is 19.4 Å². The van der Waals surface area contributed by atoms with Crippen molar-refractivity contribution in [3.8, 4) is 0 Å². The molecule has 86 valence electrons. The van der Waals surface area contributed by atoms with E-state index in [9.17, 15) is 5.11 Å². The normalized spacial score (nSPS) is 12.9. The molecular weight excluding hydrogens is 248 g/mol. The second-order valence-electron chi connectivity index (χ2n) is 3.33. The van der Waals surface area contributed by atoms with Crippen molar-refractivity contribution in [2.75, 3.05) is 0 Å². The van der Waals surface area contributed by atoms with E-state index < -0.39 is 6.10 Å². The fraction of sp³-hybridized carbons (Fsp3) is 0.444. The largest absolute Gasteiger partial charge is 0.380 e. The molecule has 2 aromatic heterocycles. The van der Waals surface area contributed by atoms with Gasteiger partial charge < -0.3 is 5.11 Å². The Kier molecular flexibility index (Phi) is 3.52. The van der Waals surface area contributed by atoms with Gasteiger partial charge in [-0.05, 0) is 18.0 Å². The van der Waals surface area contributed by atoms with Crippen LogP contribution in [0.4, 0.5) is 0 Å². The number of aryl methyl sites for hydroxylation is 1. The molecule has 2 heterocycles. The molecule has 0 saturated carbocycles. The molecule has 2 rings (SSSR count). The van der Waals surface area contributed by atoms with Crippen molar-refractivity contribution in [2.24, 2.45) is 0 Å². The summed E-state index contributed by atoms with van der Waals surface area (Å²) in [7, 11) is 0. The van der Waals surface area contributed by atoms with E-state index in [1.54, 1.807) is 10.1 Å². The van der Waals surface area contributed by atoms with Gasteiger partial charge in [-0.2, -0.15) is 5.10 Å². The summed E-state index contributed by atoms with van der Waals surface area (Å²) in [4.78, 5) is 0. The first-order valence-electron chi connectivity index (χ1n) is 4.90. The summed E-state index contributed by atoms with van der Waals surface area (Å²) in [5.41, 5.74) is 1.08. The van der Waals surface area contributed by atoms with Crippen LogP contribution in [0.15, 0.2) is 11.6 Å². The number of halogens is 1. The Morgan fingerprint density at radius 1 is 1.62 bits per heavy atom. The summed E-state index contributed by atoms with van der Waals surface area (Å²) in [6.07, 6.45) is 1.60. The number of aliphatic hydroxyl groups is 1. The van der Waals surface area contributed by atoms with Gasteiger partial charge in [0.05, 0.1) is 16.9 Å². The molecule has 2 aromatic rings. The molecule has 0 radical (unpaired) electrons. The fourth-order valence-corrected chi connectivity index (χ4v) is 2.18. The van der Waals surface area contributed by atoms with E-state index in [-0.39, 0.29) is 0 Å². The Morgan fingerprint density at radius 3 is 3.06 bits per heavy atom. The number of rotatable bonds is 4. The first-order valence-corrected chi connectivity index (χ1v) is 6.11. The zero-order valence-corrected chi connectivity index (χ0v) is 10.2. The lowest BCUT2D eigenvalue weighted by atomic mass is 10.2. The lowest BCUT2D eigenvalue weighted by molar-refractivity contribution is 0.202. The zero-order chi connectivity index (χ0) is 11.5. The Morgan fingerprint density at radius 2 is 2.44 bits per heavy atom. The monoisotopic (exact) mass is 258 g/mol. The second kappa shape index (κ2) is 4.90. The Balaban J connectivity index is 2.35. The average Bonchev–Trinajstić information content (AvgIpc) is 2.88. The first-order chi connectivity index (χ1) is 7.74. The Bertz CT molecular complexity index is 456. The van der Waals surface area contributed by atoms with Gasteiger partial charge in [-0.25, -0.2) is 0 Å². The zero-order valence-electron chi connectivity index (χ0n) is 8.67. The van der Waals surface area contributed by atoms with Gasteiger partial charge in [-0.3, -0.25) is 4.68 Å². The van der Waals surface area contributed by atoms with Crippen LogP contribution in [0.5, 0.6) is 0 Å². The molecule has 1 unspecified atom stereocenters. The minimum atomic E-state index is -0.861. The van der Waals surface area contributed by atoms with Crippen molar-refractivity contribution >= 4 is 23.1 Å². The maximum Gasteiger partial charge on any atom is 0.142 e. The number of nitrogens with zero attached hydrogens (tertiary/aromatic N) is 4. The third-order valence-corrected chi connectivity index (χ3v) is 3.00. The lowest BCUT2D eigenvalue weighted by Crippen LogP contribution is -2.10. The van der Waals surface area contributed by atoms with E-state index in [4.69, 9.17) is 11.6 Å². The minimum Gasteiger partial charge on any atom is -0.380 e. The van der Waals surface area contributed by atoms with Gasteiger partial charge in [-0.1, -0.05) is 23.0 Å². The molecule has 0 aromatic carbocycles. The molecule has 5 nitrogen and oxygen atoms in total. The van der Waals surface area contributed by atoms with Gasteiger partial charge in [0.15, 0.2) is 0 Å². The van der Waals surface area contributed by atoms with Crippen LogP contribution in [-0.4, -0.2) is 24.5 Å². The Labute approximate surface area is 102 Å². The SMILES string of the molecule is CCCn1ncc(Cl)c1C(O)c1csnn1. The average molecular weight is 259 g/mol.